The first-order chi connectivity index (χ1) is 7.26. The first-order valence-corrected chi connectivity index (χ1v) is 6.87. The second-order valence-electron chi connectivity index (χ2n) is 4.53. The van der Waals surface area contributed by atoms with Crippen LogP contribution >= 0.6 is 11.3 Å². The van der Waals surface area contributed by atoms with Gasteiger partial charge in [0.05, 0.1) is 0 Å². The summed E-state index contributed by atoms with van der Waals surface area (Å²) in [6.45, 7) is 7.84. The Hall–Kier alpha value is -0.340. The number of rotatable bonds is 4. The molecular weight excluding hydrogens is 202 g/mol. The lowest BCUT2D eigenvalue weighted by Crippen LogP contribution is -2.48. The minimum atomic E-state index is 0.771. The van der Waals surface area contributed by atoms with Crippen LogP contribution in [0.2, 0.25) is 0 Å². The van der Waals surface area contributed by atoms with Gasteiger partial charge in [0.1, 0.15) is 0 Å². The van der Waals surface area contributed by atoms with Crippen molar-refractivity contribution in [3.63, 3.8) is 0 Å². The average molecular weight is 223 g/mol. The van der Waals surface area contributed by atoms with Gasteiger partial charge < -0.3 is 5.32 Å². The maximum atomic E-state index is 3.59. The topological polar surface area (TPSA) is 12.0 Å². The van der Waals surface area contributed by atoms with Crippen molar-refractivity contribution in [2.45, 2.75) is 45.6 Å². The van der Waals surface area contributed by atoms with Crippen molar-refractivity contribution in [1.29, 1.82) is 0 Å². The molecule has 3 unspecified atom stereocenters. The van der Waals surface area contributed by atoms with Crippen molar-refractivity contribution >= 4 is 11.3 Å². The van der Waals surface area contributed by atoms with Crippen molar-refractivity contribution < 1.29 is 0 Å². The molecule has 1 heterocycles. The smallest absolute Gasteiger partial charge is 0.0107 e. The van der Waals surface area contributed by atoms with Gasteiger partial charge in [0.25, 0.3) is 0 Å². The Bertz CT molecular complexity index is 318. The molecule has 1 N–H and O–H groups in total. The summed E-state index contributed by atoms with van der Waals surface area (Å²) < 4.78 is 0. The molecule has 3 atom stereocenters. The minimum absolute atomic E-state index is 0.771. The van der Waals surface area contributed by atoms with E-state index in [0.29, 0.717) is 0 Å². The SMILES string of the molecule is CCNC1CC(c2ccc(C)s2)C1CC. The molecule has 1 saturated carbocycles. The fourth-order valence-electron chi connectivity index (χ4n) is 2.75. The summed E-state index contributed by atoms with van der Waals surface area (Å²) >= 11 is 1.98. The highest BCUT2D eigenvalue weighted by molar-refractivity contribution is 7.12. The van der Waals surface area contributed by atoms with Crippen LogP contribution < -0.4 is 5.32 Å². The lowest BCUT2D eigenvalue weighted by atomic mass is 9.67. The molecular formula is C13H21NS. The zero-order valence-electron chi connectivity index (χ0n) is 9.92. The van der Waals surface area contributed by atoms with Crippen LogP contribution in [0.3, 0.4) is 0 Å². The summed E-state index contributed by atoms with van der Waals surface area (Å²) in [6.07, 6.45) is 2.64. The van der Waals surface area contributed by atoms with E-state index in [-0.39, 0.29) is 0 Å². The van der Waals surface area contributed by atoms with E-state index in [0.717, 1.165) is 24.4 Å². The molecule has 2 rings (SSSR count). The van der Waals surface area contributed by atoms with Gasteiger partial charge in [0.2, 0.25) is 0 Å². The quantitative estimate of drug-likeness (QED) is 0.823. The second kappa shape index (κ2) is 4.67. The van der Waals surface area contributed by atoms with Gasteiger partial charge in [-0.1, -0.05) is 20.3 Å². The Morgan fingerprint density at radius 2 is 2.20 bits per heavy atom. The van der Waals surface area contributed by atoms with Gasteiger partial charge in [-0.15, -0.1) is 11.3 Å². The van der Waals surface area contributed by atoms with Crippen LogP contribution in [0.15, 0.2) is 12.1 Å². The standard InChI is InChI=1S/C13H21NS/c1-4-10-11(8-12(10)14-5-2)13-7-6-9(3)15-13/h6-7,10-12,14H,4-5,8H2,1-3H3. The fraction of sp³-hybridized carbons (Fsp3) is 0.692. The Morgan fingerprint density at radius 3 is 2.73 bits per heavy atom. The molecule has 1 fully saturated rings. The summed E-state index contributed by atoms with van der Waals surface area (Å²) in [6, 6.07) is 5.36. The Morgan fingerprint density at radius 1 is 1.40 bits per heavy atom. The van der Waals surface area contributed by atoms with Crippen LogP contribution in [-0.4, -0.2) is 12.6 Å². The van der Waals surface area contributed by atoms with E-state index in [1.54, 1.807) is 4.88 Å². The predicted octanol–water partition coefficient (Wildman–Crippen LogP) is 3.55. The first kappa shape index (κ1) is 11.2. The van der Waals surface area contributed by atoms with E-state index in [1.165, 1.54) is 17.7 Å². The van der Waals surface area contributed by atoms with Gasteiger partial charge in [-0.3, -0.25) is 0 Å². The van der Waals surface area contributed by atoms with Gasteiger partial charge in [-0.2, -0.15) is 0 Å². The maximum absolute atomic E-state index is 3.59. The lowest BCUT2D eigenvalue weighted by molar-refractivity contribution is 0.165. The van der Waals surface area contributed by atoms with Crippen LogP contribution in [0.5, 0.6) is 0 Å². The average Bonchev–Trinajstić information content (AvgIpc) is 2.59. The number of hydrogen-bond donors (Lipinski definition) is 1. The normalized spacial score (nSPS) is 30.2. The van der Waals surface area contributed by atoms with Crippen LogP contribution in [0.4, 0.5) is 0 Å². The summed E-state index contributed by atoms with van der Waals surface area (Å²) in [5.41, 5.74) is 0. The van der Waals surface area contributed by atoms with E-state index in [2.05, 4.69) is 38.2 Å². The van der Waals surface area contributed by atoms with Gasteiger partial charge in [0, 0.05) is 15.8 Å². The minimum Gasteiger partial charge on any atom is -0.314 e. The molecule has 0 aromatic carbocycles. The van der Waals surface area contributed by atoms with Crippen molar-refractivity contribution in [3.8, 4) is 0 Å². The molecule has 1 aromatic heterocycles. The molecule has 0 bridgehead atoms. The van der Waals surface area contributed by atoms with Crippen molar-refractivity contribution in [3.05, 3.63) is 21.9 Å². The lowest BCUT2D eigenvalue weighted by Gasteiger charge is -2.44. The van der Waals surface area contributed by atoms with Crippen LogP contribution in [0, 0.1) is 12.8 Å². The molecule has 1 aromatic rings. The van der Waals surface area contributed by atoms with E-state index < -0.39 is 0 Å². The molecule has 0 saturated heterocycles. The zero-order chi connectivity index (χ0) is 10.8. The Labute approximate surface area is 96.9 Å². The van der Waals surface area contributed by atoms with Gasteiger partial charge >= 0.3 is 0 Å². The molecule has 0 amide bonds. The molecule has 1 aliphatic carbocycles. The van der Waals surface area contributed by atoms with E-state index in [1.807, 2.05) is 11.3 Å². The summed E-state index contributed by atoms with van der Waals surface area (Å²) in [4.78, 5) is 3.06. The molecule has 0 radical (unpaired) electrons. The van der Waals surface area contributed by atoms with Crippen molar-refractivity contribution in [2.75, 3.05) is 6.54 Å². The number of hydrogen-bond acceptors (Lipinski definition) is 2. The largest absolute Gasteiger partial charge is 0.314 e. The van der Waals surface area contributed by atoms with Gasteiger partial charge in [-0.05, 0) is 43.9 Å². The molecule has 84 valence electrons. The van der Waals surface area contributed by atoms with E-state index in [4.69, 9.17) is 0 Å². The molecule has 1 aliphatic rings. The molecule has 0 spiro atoms. The third kappa shape index (κ3) is 2.11. The highest BCUT2D eigenvalue weighted by atomic mass is 32.1. The Balaban J connectivity index is 2.01. The number of nitrogens with one attached hydrogen (secondary N) is 1. The maximum Gasteiger partial charge on any atom is 0.0107 e. The molecule has 2 heteroatoms. The number of aryl methyl sites for hydroxylation is 1. The third-order valence-corrected chi connectivity index (χ3v) is 4.74. The second-order valence-corrected chi connectivity index (χ2v) is 5.85. The van der Waals surface area contributed by atoms with Crippen LogP contribution in [0.1, 0.15) is 42.4 Å². The van der Waals surface area contributed by atoms with E-state index in [9.17, 15) is 0 Å². The van der Waals surface area contributed by atoms with Crippen molar-refractivity contribution in [1.82, 2.24) is 5.32 Å². The van der Waals surface area contributed by atoms with Crippen LogP contribution in [0.25, 0.3) is 0 Å². The zero-order valence-corrected chi connectivity index (χ0v) is 10.7. The molecule has 1 nitrogen and oxygen atoms in total. The first-order valence-electron chi connectivity index (χ1n) is 6.06. The molecule has 15 heavy (non-hydrogen) atoms. The van der Waals surface area contributed by atoms with Gasteiger partial charge in [-0.25, -0.2) is 0 Å². The Kier molecular flexibility index (Phi) is 3.47. The monoisotopic (exact) mass is 223 g/mol. The predicted molar refractivity (Wildman–Crippen MR) is 67.7 cm³/mol. The highest BCUT2D eigenvalue weighted by Crippen LogP contribution is 2.46. The number of thiophene rings is 1. The summed E-state index contributed by atoms with van der Waals surface area (Å²) in [5.74, 6) is 1.70. The fourth-order valence-corrected chi connectivity index (χ4v) is 3.82. The summed E-state index contributed by atoms with van der Waals surface area (Å²) in [5, 5.41) is 3.59. The summed E-state index contributed by atoms with van der Waals surface area (Å²) in [7, 11) is 0. The van der Waals surface area contributed by atoms with Crippen molar-refractivity contribution in [2.24, 2.45) is 5.92 Å². The van der Waals surface area contributed by atoms with Gasteiger partial charge in [0.15, 0.2) is 0 Å². The van der Waals surface area contributed by atoms with E-state index >= 15 is 0 Å². The molecule has 0 aliphatic heterocycles. The van der Waals surface area contributed by atoms with Crippen LogP contribution in [-0.2, 0) is 0 Å². The third-order valence-electron chi connectivity index (χ3n) is 3.61. The highest BCUT2D eigenvalue weighted by Gasteiger charge is 2.40.